The molecule has 1 unspecified atom stereocenters. The molecule has 1 aliphatic heterocycles. The Balaban J connectivity index is 1.75. The van der Waals surface area contributed by atoms with E-state index in [1.54, 1.807) is 31.4 Å². The smallest absolute Gasteiger partial charge is 0.256 e. The number of nitrogens with one attached hydrogen (secondary N) is 1. The Morgan fingerprint density at radius 3 is 2.61 bits per heavy atom. The summed E-state index contributed by atoms with van der Waals surface area (Å²) in [7, 11) is 1.55. The number of methoxy groups -OCH3 is 1. The van der Waals surface area contributed by atoms with Crippen LogP contribution in [0.25, 0.3) is 10.9 Å². The second kappa shape index (κ2) is 8.85. The van der Waals surface area contributed by atoms with Gasteiger partial charge in [0, 0.05) is 25.9 Å². The maximum Gasteiger partial charge on any atom is 0.256 e. The predicted octanol–water partition coefficient (Wildman–Crippen LogP) is 3.25. The first-order valence-corrected chi connectivity index (χ1v) is 10.0. The highest BCUT2D eigenvalue weighted by atomic mass is 19.1. The summed E-state index contributed by atoms with van der Waals surface area (Å²) in [5.74, 6) is -1.61. The van der Waals surface area contributed by atoms with Crippen molar-refractivity contribution in [2.45, 2.75) is 25.5 Å². The van der Waals surface area contributed by atoms with Gasteiger partial charge >= 0.3 is 0 Å². The van der Waals surface area contributed by atoms with Gasteiger partial charge in [-0.15, -0.1) is 0 Å². The third-order valence-corrected chi connectivity index (χ3v) is 5.39. The molecule has 4 rings (SSSR count). The standard InChI is InChI=1S/C23H22F2N2O4/c1-30-15-6-4-14(5-7-15)12-27-13-17(23(29)26-11-16-3-2-10-31-16)22(28)20-18(24)8-9-19(25)21(20)27/h4-9,13,16H,2-3,10-12H2,1H3,(H,26,29). The molecule has 1 fully saturated rings. The minimum absolute atomic E-state index is 0.111. The Bertz CT molecular complexity index is 1170. The number of carbonyl (C=O) groups is 1. The number of fused-ring (bicyclic) bond motifs is 1. The average molecular weight is 428 g/mol. The number of nitrogens with zero attached hydrogens (tertiary/aromatic N) is 1. The van der Waals surface area contributed by atoms with Crippen molar-refractivity contribution in [2.75, 3.05) is 20.3 Å². The van der Waals surface area contributed by atoms with Gasteiger partial charge in [-0.2, -0.15) is 0 Å². The normalized spacial score (nSPS) is 15.9. The van der Waals surface area contributed by atoms with Crippen molar-refractivity contribution in [1.82, 2.24) is 9.88 Å². The first-order valence-electron chi connectivity index (χ1n) is 10.0. The summed E-state index contributed by atoms with van der Waals surface area (Å²) >= 11 is 0. The predicted molar refractivity (Wildman–Crippen MR) is 112 cm³/mol. The summed E-state index contributed by atoms with van der Waals surface area (Å²) < 4.78 is 41.2. The number of amides is 1. The van der Waals surface area contributed by atoms with Crippen LogP contribution in [0.15, 0.2) is 47.4 Å². The highest BCUT2D eigenvalue weighted by Gasteiger charge is 2.22. The molecule has 0 spiro atoms. The van der Waals surface area contributed by atoms with E-state index >= 15 is 0 Å². The Labute approximate surface area is 177 Å². The van der Waals surface area contributed by atoms with Gasteiger partial charge in [-0.25, -0.2) is 8.78 Å². The lowest BCUT2D eigenvalue weighted by Crippen LogP contribution is -2.35. The molecule has 0 radical (unpaired) electrons. The largest absolute Gasteiger partial charge is 0.497 e. The fraction of sp³-hybridized carbons (Fsp3) is 0.304. The molecule has 8 heteroatoms. The number of ether oxygens (including phenoxy) is 2. The van der Waals surface area contributed by atoms with Crippen LogP contribution in [0.2, 0.25) is 0 Å². The first-order chi connectivity index (χ1) is 15.0. The minimum atomic E-state index is -0.876. The maximum atomic E-state index is 14.6. The quantitative estimate of drug-likeness (QED) is 0.655. The molecule has 6 nitrogen and oxygen atoms in total. The molecule has 1 aromatic heterocycles. The van der Waals surface area contributed by atoms with Crippen LogP contribution in [0, 0.1) is 11.6 Å². The SMILES string of the molecule is COc1ccc(Cn2cc(C(=O)NCC3CCCO3)c(=O)c3c(F)ccc(F)c32)cc1. The number of halogens is 2. The van der Waals surface area contributed by atoms with Crippen LogP contribution in [0.4, 0.5) is 8.78 Å². The van der Waals surface area contributed by atoms with Gasteiger partial charge in [-0.3, -0.25) is 9.59 Å². The van der Waals surface area contributed by atoms with Gasteiger partial charge in [0.2, 0.25) is 5.43 Å². The van der Waals surface area contributed by atoms with Crippen LogP contribution in [-0.2, 0) is 11.3 Å². The zero-order valence-electron chi connectivity index (χ0n) is 17.0. The Kier molecular flexibility index (Phi) is 5.99. The Morgan fingerprint density at radius 2 is 1.94 bits per heavy atom. The molecule has 0 saturated carbocycles. The van der Waals surface area contributed by atoms with E-state index in [9.17, 15) is 18.4 Å². The summed E-state index contributed by atoms with van der Waals surface area (Å²) in [6.07, 6.45) is 2.90. The third kappa shape index (κ3) is 4.29. The number of pyridine rings is 1. The van der Waals surface area contributed by atoms with Crippen LogP contribution >= 0.6 is 0 Å². The summed E-state index contributed by atoms with van der Waals surface area (Å²) in [5.41, 5.74) is -0.511. The monoisotopic (exact) mass is 428 g/mol. The lowest BCUT2D eigenvalue weighted by molar-refractivity contribution is 0.0856. The van der Waals surface area contributed by atoms with E-state index in [1.165, 1.54) is 10.8 Å². The summed E-state index contributed by atoms with van der Waals surface area (Å²) in [6, 6.07) is 8.90. The van der Waals surface area contributed by atoms with Crippen molar-refractivity contribution < 1.29 is 23.0 Å². The number of hydrogen-bond donors (Lipinski definition) is 1. The van der Waals surface area contributed by atoms with Gasteiger partial charge in [0.25, 0.3) is 5.91 Å². The second-order valence-corrected chi connectivity index (χ2v) is 7.45. The van der Waals surface area contributed by atoms with Crippen molar-refractivity contribution in [1.29, 1.82) is 0 Å². The molecule has 3 aromatic rings. The molecule has 2 aromatic carbocycles. The lowest BCUT2D eigenvalue weighted by atomic mass is 10.1. The van der Waals surface area contributed by atoms with E-state index in [0.717, 1.165) is 30.5 Å². The summed E-state index contributed by atoms with van der Waals surface area (Å²) in [4.78, 5) is 25.6. The van der Waals surface area contributed by atoms with Crippen LogP contribution < -0.4 is 15.5 Å². The van der Waals surface area contributed by atoms with Crippen molar-refractivity contribution in [2.24, 2.45) is 0 Å². The van der Waals surface area contributed by atoms with Crippen LogP contribution in [0.3, 0.4) is 0 Å². The van der Waals surface area contributed by atoms with Crippen molar-refractivity contribution in [3.63, 3.8) is 0 Å². The fourth-order valence-corrected chi connectivity index (χ4v) is 3.77. The van der Waals surface area contributed by atoms with Crippen LogP contribution in [0.5, 0.6) is 5.75 Å². The Morgan fingerprint density at radius 1 is 1.19 bits per heavy atom. The topological polar surface area (TPSA) is 69.6 Å². The molecule has 1 atom stereocenters. The van der Waals surface area contributed by atoms with Crippen molar-refractivity contribution >= 4 is 16.8 Å². The molecular formula is C23H22F2N2O4. The van der Waals surface area contributed by atoms with Gasteiger partial charge in [-0.1, -0.05) is 12.1 Å². The highest BCUT2D eigenvalue weighted by Crippen LogP contribution is 2.21. The van der Waals surface area contributed by atoms with E-state index in [-0.39, 0.29) is 30.3 Å². The molecule has 1 amide bonds. The highest BCUT2D eigenvalue weighted by molar-refractivity contribution is 5.97. The summed E-state index contributed by atoms with van der Waals surface area (Å²) in [5, 5.41) is 2.23. The van der Waals surface area contributed by atoms with Crippen LogP contribution in [-0.4, -0.2) is 36.8 Å². The number of carbonyl (C=O) groups excluding carboxylic acids is 1. The van der Waals surface area contributed by atoms with Gasteiger partial charge in [0.1, 0.15) is 22.9 Å². The van der Waals surface area contributed by atoms with E-state index in [4.69, 9.17) is 9.47 Å². The van der Waals surface area contributed by atoms with E-state index in [1.807, 2.05) is 0 Å². The molecule has 2 heterocycles. The van der Waals surface area contributed by atoms with E-state index < -0.39 is 28.4 Å². The molecule has 1 N–H and O–H groups in total. The number of hydrogen-bond acceptors (Lipinski definition) is 4. The zero-order chi connectivity index (χ0) is 22.0. The maximum absolute atomic E-state index is 14.6. The molecule has 31 heavy (non-hydrogen) atoms. The van der Waals surface area contributed by atoms with Gasteiger partial charge < -0.3 is 19.4 Å². The molecule has 1 saturated heterocycles. The third-order valence-electron chi connectivity index (χ3n) is 5.39. The molecule has 162 valence electrons. The molecule has 0 bridgehead atoms. The molecule has 1 aliphatic rings. The van der Waals surface area contributed by atoms with Crippen molar-refractivity contribution in [3.8, 4) is 5.75 Å². The number of benzene rings is 2. The number of aromatic nitrogens is 1. The fourth-order valence-electron chi connectivity index (χ4n) is 3.77. The van der Waals surface area contributed by atoms with Gasteiger partial charge in [-0.05, 0) is 42.7 Å². The van der Waals surface area contributed by atoms with E-state index in [2.05, 4.69) is 5.32 Å². The van der Waals surface area contributed by atoms with Gasteiger partial charge in [0.15, 0.2) is 0 Å². The minimum Gasteiger partial charge on any atom is -0.497 e. The zero-order valence-corrected chi connectivity index (χ0v) is 17.0. The van der Waals surface area contributed by atoms with E-state index in [0.29, 0.717) is 12.4 Å². The number of rotatable bonds is 6. The van der Waals surface area contributed by atoms with Crippen molar-refractivity contribution in [3.05, 3.63) is 75.6 Å². The van der Waals surface area contributed by atoms with Crippen LogP contribution in [0.1, 0.15) is 28.8 Å². The second-order valence-electron chi connectivity index (χ2n) is 7.45. The summed E-state index contributed by atoms with van der Waals surface area (Å²) in [6.45, 7) is 1.02. The first kappa shape index (κ1) is 21.0. The molecule has 0 aliphatic carbocycles. The molecular weight excluding hydrogens is 406 g/mol. The Hall–Kier alpha value is -3.26. The van der Waals surface area contributed by atoms with Gasteiger partial charge in [0.05, 0.1) is 24.1 Å². The average Bonchev–Trinajstić information content (AvgIpc) is 3.30. The lowest BCUT2D eigenvalue weighted by Gasteiger charge is -2.16.